The summed E-state index contributed by atoms with van der Waals surface area (Å²) >= 11 is 0. The van der Waals surface area contributed by atoms with Crippen LogP contribution in [0.4, 0.5) is 0 Å². The van der Waals surface area contributed by atoms with E-state index in [2.05, 4.69) is 0 Å². The third-order valence-electron chi connectivity index (χ3n) is 3.99. The van der Waals surface area contributed by atoms with E-state index < -0.39 is 22.0 Å². The molecule has 0 bridgehead atoms. The monoisotopic (exact) mass is 326 g/mol. The fraction of sp³-hybridized carbons (Fsp3) is 0.533. The second-order valence-corrected chi connectivity index (χ2v) is 7.90. The van der Waals surface area contributed by atoms with Crippen molar-refractivity contribution in [3.8, 4) is 0 Å². The molecular weight excluding hydrogens is 304 g/mol. The van der Waals surface area contributed by atoms with Gasteiger partial charge in [-0.2, -0.15) is 0 Å². The Balaban J connectivity index is 2.12. The van der Waals surface area contributed by atoms with Crippen molar-refractivity contribution in [2.75, 3.05) is 20.6 Å². The first-order valence-corrected chi connectivity index (χ1v) is 8.74. The van der Waals surface area contributed by atoms with Gasteiger partial charge >= 0.3 is 5.97 Å². The summed E-state index contributed by atoms with van der Waals surface area (Å²) in [5.41, 5.74) is 0.922. The van der Waals surface area contributed by atoms with Gasteiger partial charge in [-0.05, 0) is 37.1 Å². The van der Waals surface area contributed by atoms with Crippen LogP contribution in [0.25, 0.3) is 0 Å². The van der Waals surface area contributed by atoms with Crippen LogP contribution in [0.15, 0.2) is 29.2 Å². The average Bonchev–Trinajstić information content (AvgIpc) is 2.48. The van der Waals surface area contributed by atoms with Crippen LogP contribution >= 0.6 is 0 Å². The number of aliphatic carboxylic acids is 1. The largest absolute Gasteiger partial charge is 0.480 e. The Morgan fingerprint density at radius 3 is 2.45 bits per heavy atom. The lowest BCUT2D eigenvalue weighted by Crippen LogP contribution is -2.43. The Labute approximate surface area is 131 Å². The van der Waals surface area contributed by atoms with Crippen LogP contribution in [-0.4, -0.2) is 55.4 Å². The van der Waals surface area contributed by atoms with Crippen molar-refractivity contribution in [2.24, 2.45) is 0 Å². The maximum absolute atomic E-state index is 12.0. The van der Waals surface area contributed by atoms with Crippen LogP contribution in [0.1, 0.15) is 24.8 Å². The highest BCUT2D eigenvalue weighted by atomic mass is 32.2. The van der Waals surface area contributed by atoms with E-state index in [-0.39, 0.29) is 4.90 Å². The fourth-order valence-corrected chi connectivity index (χ4v) is 3.57. The molecule has 0 amide bonds. The number of piperidine rings is 1. The summed E-state index contributed by atoms with van der Waals surface area (Å²) in [4.78, 5) is 13.5. The second-order valence-electron chi connectivity index (χ2n) is 5.75. The van der Waals surface area contributed by atoms with E-state index in [4.69, 9.17) is 0 Å². The quantitative estimate of drug-likeness (QED) is 0.884. The van der Waals surface area contributed by atoms with Crippen LogP contribution in [0.3, 0.4) is 0 Å². The van der Waals surface area contributed by atoms with Gasteiger partial charge in [0.25, 0.3) is 0 Å². The van der Waals surface area contributed by atoms with Gasteiger partial charge in [0, 0.05) is 20.6 Å². The predicted molar refractivity (Wildman–Crippen MR) is 83.0 cm³/mol. The van der Waals surface area contributed by atoms with E-state index in [0.29, 0.717) is 13.0 Å². The minimum absolute atomic E-state index is 0.245. The van der Waals surface area contributed by atoms with E-state index >= 15 is 0 Å². The van der Waals surface area contributed by atoms with Crippen molar-refractivity contribution in [3.05, 3.63) is 29.8 Å². The maximum Gasteiger partial charge on any atom is 0.320 e. The zero-order valence-electron chi connectivity index (χ0n) is 12.9. The number of carboxylic acid groups (broad SMARTS) is 1. The molecule has 0 aromatic heterocycles. The first-order valence-electron chi connectivity index (χ1n) is 7.30. The number of nitrogens with zero attached hydrogens (tertiary/aromatic N) is 2. The molecule has 22 heavy (non-hydrogen) atoms. The van der Waals surface area contributed by atoms with E-state index in [9.17, 15) is 18.3 Å². The van der Waals surface area contributed by atoms with Crippen molar-refractivity contribution in [1.29, 1.82) is 0 Å². The normalized spacial score (nSPS) is 20.2. The lowest BCUT2D eigenvalue weighted by molar-refractivity contribution is -0.144. The predicted octanol–water partition coefficient (Wildman–Crippen LogP) is 1.38. The van der Waals surface area contributed by atoms with Crippen molar-refractivity contribution in [1.82, 2.24) is 9.21 Å². The molecule has 0 aliphatic carbocycles. The van der Waals surface area contributed by atoms with Crippen LogP contribution < -0.4 is 0 Å². The molecule has 1 aliphatic heterocycles. The molecule has 1 saturated heterocycles. The molecule has 1 heterocycles. The van der Waals surface area contributed by atoms with Gasteiger partial charge in [0.15, 0.2) is 0 Å². The Morgan fingerprint density at radius 1 is 1.27 bits per heavy atom. The summed E-state index contributed by atoms with van der Waals surface area (Å²) in [5, 5.41) is 9.27. The molecule has 0 radical (unpaired) electrons. The van der Waals surface area contributed by atoms with Crippen molar-refractivity contribution in [3.63, 3.8) is 0 Å². The van der Waals surface area contributed by atoms with Gasteiger partial charge < -0.3 is 5.11 Å². The summed E-state index contributed by atoms with van der Waals surface area (Å²) in [7, 11) is -0.436. The highest BCUT2D eigenvalue weighted by Gasteiger charge is 2.28. The molecule has 1 fully saturated rings. The van der Waals surface area contributed by atoms with Crippen molar-refractivity contribution < 1.29 is 18.3 Å². The first-order chi connectivity index (χ1) is 10.3. The Bertz CT molecular complexity index is 625. The van der Waals surface area contributed by atoms with E-state index in [0.717, 1.165) is 24.9 Å². The molecule has 1 atom stereocenters. The minimum Gasteiger partial charge on any atom is -0.480 e. The fourth-order valence-electron chi connectivity index (χ4n) is 2.67. The number of benzene rings is 1. The molecule has 2 rings (SSSR count). The zero-order valence-corrected chi connectivity index (χ0v) is 13.7. The van der Waals surface area contributed by atoms with Gasteiger partial charge in [0.1, 0.15) is 6.04 Å². The summed E-state index contributed by atoms with van der Waals surface area (Å²) in [6, 6.07) is 6.21. The van der Waals surface area contributed by atoms with Crippen LogP contribution in [0.5, 0.6) is 0 Å². The van der Waals surface area contributed by atoms with E-state index in [1.807, 2.05) is 4.90 Å². The number of hydrogen-bond acceptors (Lipinski definition) is 4. The highest BCUT2D eigenvalue weighted by molar-refractivity contribution is 7.89. The molecule has 0 spiro atoms. The third kappa shape index (κ3) is 3.66. The summed E-state index contributed by atoms with van der Waals surface area (Å²) in [6.07, 6.45) is 2.60. The highest BCUT2D eigenvalue weighted by Crippen LogP contribution is 2.21. The summed E-state index contributed by atoms with van der Waals surface area (Å²) in [5.74, 6) is -0.786. The average molecular weight is 326 g/mol. The molecular formula is C15H22N2O4S. The Morgan fingerprint density at radius 2 is 1.91 bits per heavy atom. The molecule has 7 heteroatoms. The first kappa shape index (κ1) is 16.9. The summed E-state index contributed by atoms with van der Waals surface area (Å²) < 4.78 is 25.2. The molecule has 1 unspecified atom stereocenters. The Kier molecular flexibility index (Phi) is 5.20. The number of hydrogen-bond donors (Lipinski definition) is 1. The van der Waals surface area contributed by atoms with Crippen molar-refractivity contribution >= 4 is 16.0 Å². The maximum atomic E-state index is 12.0. The molecule has 1 aromatic carbocycles. The molecule has 6 nitrogen and oxygen atoms in total. The minimum atomic E-state index is -3.43. The topological polar surface area (TPSA) is 77.9 Å². The zero-order chi connectivity index (χ0) is 16.3. The van der Waals surface area contributed by atoms with Crippen LogP contribution in [0.2, 0.25) is 0 Å². The molecule has 1 N–H and O–H groups in total. The SMILES string of the molecule is CN(C)S(=O)(=O)c1ccc(CN2CCCCC2C(=O)O)cc1. The van der Waals surface area contributed by atoms with Gasteiger partial charge in [-0.25, -0.2) is 12.7 Å². The number of likely N-dealkylation sites (tertiary alicyclic amines) is 1. The standard InChI is InChI=1S/C15H22N2O4S/c1-16(2)22(20,21)13-8-6-12(7-9-13)11-17-10-4-3-5-14(17)15(18)19/h6-9,14H,3-5,10-11H2,1-2H3,(H,18,19). The van der Waals surface area contributed by atoms with Gasteiger partial charge in [-0.1, -0.05) is 18.6 Å². The van der Waals surface area contributed by atoms with Gasteiger partial charge in [0.05, 0.1) is 4.90 Å². The van der Waals surface area contributed by atoms with E-state index in [1.54, 1.807) is 24.3 Å². The van der Waals surface area contributed by atoms with Crippen LogP contribution in [0, 0.1) is 0 Å². The van der Waals surface area contributed by atoms with Gasteiger partial charge in [0.2, 0.25) is 10.0 Å². The Hall–Kier alpha value is -1.44. The van der Waals surface area contributed by atoms with Crippen LogP contribution in [-0.2, 0) is 21.4 Å². The molecule has 1 aliphatic rings. The second kappa shape index (κ2) is 6.76. The molecule has 1 aromatic rings. The molecule has 0 saturated carbocycles. The van der Waals surface area contributed by atoms with E-state index in [1.165, 1.54) is 18.4 Å². The number of carbonyl (C=O) groups is 1. The smallest absolute Gasteiger partial charge is 0.320 e. The lowest BCUT2D eigenvalue weighted by atomic mass is 10.0. The number of sulfonamides is 1. The number of rotatable bonds is 5. The molecule has 122 valence electrons. The lowest BCUT2D eigenvalue weighted by Gasteiger charge is -2.32. The summed E-state index contributed by atoms with van der Waals surface area (Å²) in [6.45, 7) is 1.29. The van der Waals surface area contributed by atoms with Gasteiger partial charge in [-0.15, -0.1) is 0 Å². The third-order valence-corrected chi connectivity index (χ3v) is 5.82. The van der Waals surface area contributed by atoms with Crippen molar-refractivity contribution in [2.45, 2.75) is 36.7 Å². The van der Waals surface area contributed by atoms with Gasteiger partial charge in [-0.3, -0.25) is 9.69 Å². The number of carboxylic acids is 1.